The first-order chi connectivity index (χ1) is 10.3. The van der Waals surface area contributed by atoms with E-state index in [2.05, 4.69) is 10.6 Å². The lowest BCUT2D eigenvalue weighted by Crippen LogP contribution is -2.51. The number of benzene rings is 1. The normalized spacial score (nSPS) is 19.6. The second-order valence-corrected chi connectivity index (χ2v) is 7.40. The van der Waals surface area contributed by atoms with E-state index in [1.807, 2.05) is 0 Å². The molecule has 2 rings (SSSR count). The number of amides is 2. The third-order valence-corrected chi connectivity index (χ3v) is 4.82. The molecular weight excluding hydrogens is 309 g/mol. The molecule has 1 aliphatic rings. The van der Waals surface area contributed by atoms with Gasteiger partial charge in [0.2, 0.25) is 10.0 Å². The van der Waals surface area contributed by atoms with Gasteiger partial charge in [0.1, 0.15) is 5.82 Å². The van der Waals surface area contributed by atoms with Gasteiger partial charge in [0.15, 0.2) is 0 Å². The quantitative estimate of drug-likeness (QED) is 0.867. The van der Waals surface area contributed by atoms with Crippen LogP contribution in [0.4, 0.5) is 9.18 Å². The van der Waals surface area contributed by atoms with Gasteiger partial charge in [-0.05, 0) is 30.5 Å². The molecule has 1 aliphatic heterocycles. The lowest BCUT2D eigenvalue weighted by Gasteiger charge is -2.31. The van der Waals surface area contributed by atoms with Crippen LogP contribution >= 0.6 is 0 Å². The minimum Gasteiger partial charge on any atom is -0.334 e. The molecule has 0 bridgehead atoms. The number of nitrogens with zero attached hydrogens (tertiary/aromatic N) is 1. The first kappa shape index (κ1) is 16.7. The molecule has 6 nitrogen and oxygen atoms in total. The van der Waals surface area contributed by atoms with Crippen molar-refractivity contribution < 1.29 is 17.6 Å². The molecule has 8 heteroatoms. The Labute approximate surface area is 129 Å². The van der Waals surface area contributed by atoms with E-state index >= 15 is 0 Å². The number of rotatable bonds is 4. The average Bonchev–Trinajstić information content (AvgIpc) is 2.46. The zero-order valence-electron chi connectivity index (χ0n) is 12.4. The Hall–Kier alpha value is -1.67. The molecule has 1 fully saturated rings. The molecule has 0 aliphatic carbocycles. The second-order valence-electron chi connectivity index (χ2n) is 5.41. The highest BCUT2D eigenvalue weighted by Gasteiger charge is 2.26. The molecule has 2 amide bonds. The van der Waals surface area contributed by atoms with E-state index in [0.717, 1.165) is 18.4 Å². The average molecular weight is 329 g/mol. The number of carbonyl (C=O) groups excluding carboxylic acids is 1. The van der Waals surface area contributed by atoms with Crippen LogP contribution in [0, 0.1) is 5.82 Å². The van der Waals surface area contributed by atoms with Crippen molar-refractivity contribution >= 4 is 16.1 Å². The molecule has 0 saturated carbocycles. The van der Waals surface area contributed by atoms with Gasteiger partial charge in [-0.2, -0.15) is 0 Å². The number of urea groups is 1. The molecule has 122 valence electrons. The number of halogens is 1. The maximum atomic E-state index is 12.8. The van der Waals surface area contributed by atoms with Crippen molar-refractivity contribution in [3.8, 4) is 0 Å². The van der Waals surface area contributed by atoms with Gasteiger partial charge in [-0.3, -0.25) is 0 Å². The molecule has 0 radical (unpaired) electrons. The molecule has 1 aromatic rings. The van der Waals surface area contributed by atoms with Crippen molar-refractivity contribution in [2.75, 3.05) is 19.3 Å². The van der Waals surface area contributed by atoms with Crippen LogP contribution in [0.1, 0.15) is 18.4 Å². The first-order valence-electron chi connectivity index (χ1n) is 7.08. The van der Waals surface area contributed by atoms with Crippen molar-refractivity contribution in [3.05, 3.63) is 35.6 Å². The summed E-state index contributed by atoms with van der Waals surface area (Å²) in [6.45, 7) is 1.08. The maximum absolute atomic E-state index is 12.8. The third kappa shape index (κ3) is 4.96. The summed E-state index contributed by atoms with van der Waals surface area (Å²) in [7, 11) is -3.23. The molecule has 2 N–H and O–H groups in total. The van der Waals surface area contributed by atoms with Crippen LogP contribution in [0.15, 0.2) is 24.3 Å². The van der Waals surface area contributed by atoms with Gasteiger partial charge >= 0.3 is 6.03 Å². The number of piperidine rings is 1. The fraction of sp³-hybridized carbons (Fsp3) is 0.500. The second kappa shape index (κ2) is 7.06. The number of hydrogen-bond acceptors (Lipinski definition) is 3. The Kier molecular flexibility index (Phi) is 5.36. The molecule has 0 spiro atoms. The highest BCUT2D eigenvalue weighted by Crippen LogP contribution is 2.13. The summed E-state index contributed by atoms with van der Waals surface area (Å²) in [5.74, 6) is -0.323. The van der Waals surface area contributed by atoms with Crippen molar-refractivity contribution in [3.63, 3.8) is 0 Å². The Balaban J connectivity index is 1.80. The van der Waals surface area contributed by atoms with E-state index in [-0.39, 0.29) is 24.4 Å². The number of carbonyl (C=O) groups is 1. The van der Waals surface area contributed by atoms with Crippen LogP contribution in [0.3, 0.4) is 0 Å². The van der Waals surface area contributed by atoms with Gasteiger partial charge in [0, 0.05) is 25.7 Å². The lowest BCUT2D eigenvalue weighted by atomic mass is 10.1. The molecule has 0 aromatic heterocycles. The van der Waals surface area contributed by atoms with Crippen LogP contribution < -0.4 is 10.6 Å². The van der Waals surface area contributed by atoms with E-state index in [4.69, 9.17) is 0 Å². The SMILES string of the molecule is CS(=O)(=O)N1CCC[C@H](NC(=O)NCc2ccc(F)cc2)C1. The van der Waals surface area contributed by atoms with Gasteiger partial charge in [0.05, 0.1) is 6.26 Å². The standard InChI is InChI=1S/C14H20FN3O3S/c1-22(20,21)18-8-2-3-13(10-18)17-14(19)16-9-11-4-6-12(15)7-5-11/h4-7,13H,2-3,8-10H2,1H3,(H2,16,17,19)/t13-/m0/s1. The van der Waals surface area contributed by atoms with E-state index in [9.17, 15) is 17.6 Å². The van der Waals surface area contributed by atoms with Gasteiger partial charge < -0.3 is 10.6 Å². The number of nitrogens with one attached hydrogen (secondary N) is 2. The number of hydrogen-bond donors (Lipinski definition) is 2. The van der Waals surface area contributed by atoms with E-state index in [1.54, 1.807) is 12.1 Å². The summed E-state index contributed by atoms with van der Waals surface area (Å²) in [5.41, 5.74) is 0.790. The Morgan fingerprint density at radius 3 is 2.68 bits per heavy atom. The highest BCUT2D eigenvalue weighted by atomic mass is 32.2. The van der Waals surface area contributed by atoms with Gasteiger partial charge in [-0.15, -0.1) is 0 Å². The minimum atomic E-state index is -3.23. The predicted octanol–water partition coefficient (Wildman–Crippen LogP) is 1.05. The van der Waals surface area contributed by atoms with Gasteiger partial charge in [0.25, 0.3) is 0 Å². The highest BCUT2D eigenvalue weighted by molar-refractivity contribution is 7.88. The van der Waals surface area contributed by atoms with Crippen molar-refractivity contribution in [1.82, 2.24) is 14.9 Å². The minimum absolute atomic E-state index is 0.198. The third-order valence-electron chi connectivity index (χ3n) is 3.55. The summed E-state index contributed by atoms with van der Waals surface area (Å²) in [6.07, 6.45) is 2.63. The summed E-state index contributed by atoms with van der Waals surface area (Å²) in [6, 6.07) is 5.31. The van der Waals surface area contributed by atoms with E-state index in [1.165, 1.54) is 22.7 Å². The first-order valence-corrected chi connectivity index (χ1v) is 8.93. The summed E-state index contributed by atoms with van der Waals surface area (Å²) in [5, 5.41) is 5.45. The zero-order valence-corrected chi connectivity index (χ0v) is 13.2. The van der Waals surface area contributed by atoms with Crippen molar-refractivity contribution in [2.45, 2.75) is 25.4 Å². The smallest absolute Gasteiger partial charge is 0.315 e. The molecule has 1 aromatic carbocycles. The fourth-order valence-corrected chi connectivity index (χ4v) is 3.29. The summed E-state index contributed by atoms with van der Waals surface area (Å²) < 4.78 is 37.2. The largest absolute Gasteiger partial charge is 0.334 e. The van der Waals surface area contributed by atoms with Crippen LogP contribution in [0.2, 0.25) is 0 Å². The molecule has 1 atom stereocenters. The van der Waals surface area contributed by atoms with Gasteiger partial charge in [-0.25, -0.2) is 21.9 Å². The maximum Gasteiger partial charge on any atom is 0.315 e. The molecule has 1 saturated heterocycles. The Morgan fingerprint density at radius 1 is 1.36 bits per heavy atom. The summed E-state index contributed by atoms with van der Waals surface area (Å²) >= 11 is 0. The molecule has 1 heterocycles. The van der Waals surface area contributed by atoms with Crippen LogP contribution in [0.5, 0.6) is 0 Å². The van der Waals surface area contributed by atoms with Crippen molar-refractivity contribution in [1.29, 1.82) is 0 Å². The predicted molar refractivity (Wildman–Crippen MR) is 81.2 cm³/mol. The van der Waals surface area contributed by atoms with E-state index in [0.29, 0.717) is 13.1 Å². The fourth-order valence-electron chi connectivity index (χ4n) is 2.38. The lowest BCUT2D eigenvalue weighted by molar-refractivity contribution is 0.225. The topological polar surface area (TPSA) is 78.5 Å². The number of sulfonamides is 1. The van der Waals surface area contributed by atoms with Crippen LogP contribution in [-0.4, -0.2) is 44.1 Å². The van der Waals surface area contributed by atoms with E-state index < -0.39 is 10.0 Å². The molecule has 0 unspecified atom stereocenters. The summed E-state index contributed by atoms with van der Waals surface area (Å²) in [4.78, 5) is 11.8. The Bertz CT molecular complexity index is 619. The van der Waals surface area contributed by atoms with Gasteiger partial charge in [-0.1, -0.05) is 12.1 Å². The molecule has 22 heavy (non-hydrogen) atoms. The molecular formula is C14H20FN3O3S. The van der Waals surface area contributed by atoms with Crippen LogP contribution in [-0.2, 0) is 16.6 Å². The van der Waals surface area contributed by atoms with Crippen molar-refractivity contribution in [2.24, 2.45) is 0 Å². The Morgan fingerprint density at radius 2 is 2.05 bits per heavy atom. The zero-order chi connectivity index (χ0) is 16.2. The van der Waals surface area contributed by atoms with Crippen LogP contribution in [0.25, 0.3) is 0 Å². The monoisotopic (exact) mass is 329 g/mol.